The number of nitrogens with two attached hydrogens (primary N) is 1. The van der Waals surface area contributed by atoms with E-state index >= 15 is 0 Å². The Labute approximate surface area is 91.6 Å². The number of rotatable bonds is 3. The second-order valence-electron chi connectivity index (χ2n) is 2.75. The largest absolute Gasteiger partial charge is 0.496 e. The van der Waals surface area contributed by atoms with Gasteiger partial charge in [-0.2, -0.15) is 0 Å². The van der Waals surface area contributed by atoms with Crippen LogP contribution in [0, 0.1) is 5.82 Å². The molecule has 0 heterocycles. The molecule has 0 aliphatic carbocycles. The van der Waals surface area contributed by atoms with Crippen LogP contribution in [0.4, 0.5) is 13.2 Å². The molecule has 1 aromatic carbocycles. The van der Waals surface area contributed by atoms with Gasteiger partial charge in [-0.25, -0.2) is 13.2 Å². The van der Waals surface area contributed by atoms with Gasteiger partial charge in [0.25, 0.3) is 6.43 Å². The van der Waals surface area contributed by atoms with Crippen molar-refractivity contribution < 1.29 is 17.9 Å². The van der Waals surface area contributed by atoms with Crippen LogP contribution < -0.4 is 10.5 Å². The third-order valence-corrected chi connectivity index (χ3v) is 1.83. The van der Waals surface area contributed by atoms with Crippen molar-refractivity contribution in [1.82, 2.24) is 0 Å². The van der Waals surface area contributed by atoms with Crippen LogP contribution in [-0.4, -0.2) is 13.5 Å². The van der Waals surface area contributed by atoms with Crippen LogP contribution in [0.2, 0.25) is 0 Å². The minimum Gasteiger partial charge on any atom is -0.496 e. The summed E-state index contributed by atoms with van der Waals surface area (Å²) in [5.74, 6) is -0.509. The van der Waals surface area contributed by atoms with E-state index < -0.39 is 18.3 Å². The van der Waals surface area contributed by atoms with Gasteiger partial charge in [0.1, 0.15) is 11.6 Å². The van der Waals surface area contributed by atoms with E-state index in [9.17, 15) is 13.2 Å². The first-order chi connectivity index (χ1) is 6.56. The summed E-state index contributed by atoms with van der Waals surface area (Å²) in [7, 11) is 1.27. The second-order valence-corrected chi connectivity index (χ2v) is 2.75. The fraction of sp³-hybridized carbons (Fsp3) is 0.333. The molecule has 0 fully saturated rings. The Morgan fingerprint density at radius 3 is 2.40 bits per heavy atom. The Morgan fingerprint density at radius 2 is 1.93 bits per heavy atom. The predicted molar refractivity (Wildman–Crippen MR) is 53.1 cm³/mol. The maximum Gasteiger partial charge on any atom is 0.257 e. The first kappa shape index (κ1) is 14.1. The molecule has 0 amide bonds. The van der Waals surface area contributed by atoms with Crippen molar-refractivity contribution >= 4 is 12.4 Å². The smallest absolute Gasteiger partial charge is 0.257 e. The lowest BCUT2D eigenvalue weighted by atomic mass is 10.1. The molecule has 86 valence electrons. The van der Waals surface area contributed by atoms with E-state index in [0.29, 0.717) is 0 Å². The van der Waals surface area contributed by atoms with Gasteiger partial charge in [0, 0.05) is 11.6 Å². The molecule has 1 rings (SSSR count). The van der Waals surface area contributed by atoms with E-state index in [1.54, 1.807) is 0 Å². The summed E-state index contributed by atoms with van der Waals surface area (Å²) in [6, 6.07) is 1.84. The van der Waals surface area contributed by atoms with E-state index in [1.807, 2.05) is 0 Å². The summed E-state index contributed by atoms with van der Waals surface area (Å²) in [5.41, 5.74) is 5.31. The highest BCUT2D eigenvalue weighted by Gasteiger charge is 2.21. The van der Waals surface area contributed by atoms with Crippen molar-refractivity contribution in [1.29, 1.82) is 0 Å². The highest BCUT2D eigenvalue weighted by atomic mass is 35.5. The molecule has 0 unspecified atom stereocenters. The summed E-state index contributed by atoms with van der Waals surface area (Å²) in [6.45, 7) is 0. The van der Waals surface area contributed by atoms with E-state index in [1.165, 1.54) is 13.2 Å². The SMILES string of the molecule is COc1cc(F)ccc1[C@H](N)C(F)F.Cl. The lowest BCUT2D eigenvalue weighted by molar-refractivity contribution is 0.115. The normalized spacial score (nSPS) is 12.1. The topological polar surface area (TPSA) is 35.2 Å². The third-order valence-electron chi connectivity index (χ3n) is 1.83. The quantitative estimate of drug-likeness (QED) is 0.883. The van der Waals surface area contributed by atoms with E-state index in [0.717, 1.165) is 12.1 Å². The lowest BCUT2D eigenvalue weighted by Crippen LogP contribution is -2.19. The molecule has 0 saturated heterocycles. The Morgan fingerprint density at radius 1 is 1.33 bits per heavy atom. The van der Waals surface area contributed by atoms with Gasteiger partial charge in [-0.1, -0.05) is 6.07 Å². The van der Waals surface area contributed by atoms with Crippen LogP contribution in [0.1, 0.15) is 11.6 Å². The van der Waals surface area contributed by atoms with Gasteiger partial charge < -0.3 is 10.5 Å². The van der Waals surface area contributed by atoms with Crippen molar-refractivity contribution in [2.45, 2.75) is 12.5 Å². The number of benzene rings is 1. The lowest BCUT2D eigenvalue weighted by Gasteiger charge is -2.14. The molecule has 0 aliphatic rings. The second kappa shape index (κ2) is 5.82. The summed E-state index contributed by atoms with van der Waals surface area (Å²) in [5, 5.41) is 0. The standard InChI is InChI=1S/C9H10F3NO.ClH/c1-14-7-4-5(10)2-3-6(7)8(13)9(11)12;/h2-4,8-9H,13H2,1H3;1H/t8-;/m0./s1. The Kier molecular flexibility index (Phi) is 5.46. The first-order valence-electron chi connectivity index (χ1n) is 3.93. The molecule has 2 N–H and O–H groups in total. The molecule has 1 atom stereocenters. The molecule has 0 aliphatic heterocycles. The van der Waals surface area contributed by atoms with Crippen LogP contribution >= 0.6 is 12.4 Å². The summed E-state index contributed by atoms with van der Waals surface area (Å²) < 4.78 is 41.9. The minimum absolute atomic E-state index is 0. The number of hydrogen-bond donors (Lipinski definition) is 1. The van der Waals surface area contributed by atoms with Crippen LogP contribution in [0.25, 0.3) is 0 Å². The number of halogens is 4. The zero-order valence-corrected chi connectivity index (χ0v) is 8.73. The van der Waals surface area contributed by atoms with Gasteiger partial charge in [-0.15, -0.1) is 12.4 Å². The zero-order valence-electron chi connectivity index (χ0n) is 7.91. The summed E-state index contributed by atoms with van der Waals surface area (Å²) in [4.78, 5) is 0. The van der Waals surface area contributed by atoms with Crippen LogP contribution in [0.15, 0.2) is 18.2 Å². The van der Waals surface area contributed by atoms with Gasteiger partial charge in [0.05, 0.1) is 13.2 Å². The van der Waals surface area contributed by atoms with Gasteiger partial charge >= 0.3 is 0 Å². The molecule has 0 radical (unpaired) electrons. The van der Waals surface area contributed by atoms with Crippen LogP contribution in [-0.2, 0) is 0 Å². The molecule has 1 aromatic rings. The average Bonchev–Trinajstić information content (AvgIpc) is 2.16. The van der Waals surface area contributed by atoms with Gasteiger partial charge in [-0.3, -0.25) is 0 Å². The highest BCUT2D eigenvalue weighted by Crippen LogP contribution is 2.27. The van der Waals surface area contributed by atoms with Crippen molar-refractivity contribution in [2.24, 2.45) is 5.73 Å². The zero-order chi connectivity index (χ0) is 10.7. The van der Waals surface area contributed by atoms with Crippen LogP contribution in [0.5, 0.6) is 5.75 Å². The first-order valence-corrected chi connectivity index (χ1v) is 3.93. The molecule has 15 heavy (non-hydrogen) atoms. The van der Waals surface area contributed by atoms with Crippen molar-refractivity contribution in [3.8, 4) is 5.75 Å². The molecule has 6 heteroatoms. The number of hydrogen-bond acceptors (Lipinski definition) is 2. The molecular formula is C9H11ClF3NO. The van der Waals surface area contributed by atoms with E-state index in [4.69, 9.17) is 10.5 Å². The van der Waals surface area contributed by atoms with E-state index in [2.05, 4.69) is 0 Å². The predicted octanol–water partition coefficient (Wildman–Crippen LogP) is 2.52. The van der Waals surface area contributed by atoms with Crippen molar-refractivity contribution in [2.75, 3.05) is 7.11 Å². The molecule has 0 saturated carbocycles. The maximum absolute atomic E-state index is 12.7. The number of alkyl halides is 2. The summed E-state index contributed by atoms with van der Waals surface area (Å²) >= 11 is 0. The van der Waals surface area contributed by atoms with Gasteiger partial charge in [0.15, 0.2) is 0 Å². The van der Waals surface area contributed by atoms with Gasteiger partial charge in [-0.05, 0) is 6.07 Å². The number of methoxy groups -OCH3 is 1. The molecule has 0 spiro atoms. The van der Waals surface area contributed by atoms with Crippen molar-refractivity contribution in [3.05, 3.63) is 29.6 Å². The minimum atomic E-state index is -2.70. The molecule has 2 nitrogen and oxygen atoms in total. The third kappa shape index (κ3) is 3.28. The number of ether oxygens (including phenoxy) is 1. The molecule has 0 aromatic heterocycles. The Bertz CT molecular complexity index is 322. The van der Waals surface area contributed by atoms with Gasteiger partial charge in [0.2, 0.25) is 0 Å². The fourth-order valence-electron chi connectivity index (χ4n) is 1.10. The van der Waals surface area contributed by atoms with Crippen molar-refractivity contribution in [3.63, 3.8) is 0 Å². The maximum atomic E-state index is 12.7. The average molecular weight is 242 g/mol. The molecule has 0 bridgehead atoms. The Hall–Kier alpha value is -0.940. The molecular weight excluding hydrogens is 231 g/mol. The monoisotopic (exact) mass is 241 g/mol. The van der Waals surface area contributed by atoms with E-state index in [-0.39, 0.29) is 23.7 Å². The summed E-state index contributed by atoms with van der Waals surface area (Å²) in [6.07, 6.45) is -2.70. The van der Waals surface area contributed by atoms with Crippen LogP contribution in [0.3, 0.4) is 0 Å². The highest BCUT2D eigenvalue weighted by molar-refractivity contribution is 5.85. The fourth-order valence-corrected chi connectivity index (χ4v) is 1.10. The Balaban J connectivity index is 0.00000196.